The van der Waals surface area contributed by atoms with Crippen molar-refractivity contribution < 1.29 is 28.7 Å². The van der Waals surface area contributed by atoms with E-state index in [9.17, 15) is 19.7 Å². The van der Waals surface area contributed by atoms with Gasteiger partial charge in [-0.25, -0.2) is 9.79 Å². The number of nitrogens with zero attached hydrogens (tertiary/aromatic N) is 3. The molecule has 0 fully saturated rings. The molecule has 1 heterocycles. The number of carbonyl (C=O) groups excluding carboxylic acids is 2. The van der Waals surface area contributed by atoms with Crippen molar-refractivity contribution in [1.82, 2.24) is 0 Å². The van der Waals surface area contributed by atoms with Crippen LogP contribution in [0.4, 0.5) is 11.4 Å². The van der Waals surface area contributed by atoms with E-state index in [0.717, 1.165) is 0 Å². The molecule has 0 aliphatic carbocycles. The van der Waals surface area contributed by atoms with Crippen LogP contribution in [0.2, 0.25) is 0 Å². The Morgan fingerprint density at radius 2 is 1.69 bits per heavy atom. The van der Waals surface area contributed by atoms with Gasteiger partial charge in [0.2, 0.25) is 0 Å². The zero-order valence-corrected chi connectivity index (χ0v) is 19.6. The highest BCUT2D eigenvalue weighted by molar-refractivity contribution is 6.33. The maximum atomic E-state index is 13.6. The number of anilines is 1. The number of hydrogen-bond donors (Lipinski definition) is 0. The topological polar surface area (TPSA) is 121 Å². The molecule has 36 heavy (non-hydrogen) atoms. The number of amidine groups is 1. The van der Waals surface area contributed by atoms with Gasteiger partial charge in [-0.2, -0.15) is 0 Å². The molecule has 1 aliphatic heterocycles. The minimum absolute atomic E-state index is 0.113. The Morgan fingerprint density at radius 3 is 2.33 bits per heavy atom. The fraction of sp³-hybridized carbons (Fsp3) is 0.115. The highest BCUT2D eigenvalue weighted by atomic mass is 16.6. The molecular weight excluding hydrogens is 466 g/mol. The zero-order valence-electron chi connectivity index (χ0n) is 19.6. The van der Waals surface area contributed by atoms with Crippen molar-refractivity contribution in [3.63, 3.8) is 0 Å². The van der Waals surface area contributed by atoms with E-state index in [1.807, 2.05) is 18.2 Å². The van der Waals surface area contributed by atoms with Gasteiger partial charge in [0, 0.05) is 11.6 Å². The summed E-state index contributed by atoms with van der Waals surface area (Å²) in [6.45, 7) is 0. The lowest BCUT2D eigenvalue weighted by molar-refractivity contribution is -0.384. The molecule has 3 aromatic carbocycles. The number of carbonyl (C=O) groups is 2. The molecule has 10 nitrogen and oxygen atoms in total. The largest absolute Gasteiger partial charge is 0.496 e. The summed E-state index contributed by atoms with van der Waals surface area (Å²) in [4.78, 5) is 42.2. The number of esters is 1. The lowest BCUT2D eigenvalue weighted by atomic mass is 10.1. The number of rotatable bonds is 7. The van der Waals surface area contributed by atoms with E-state index >= 15 is 0 Å². The van der Waals surface area contributed by atoms with Gasteiger partial charge in [0.05, 0.1) is 38.0 Å². The first-order valence-corrected chi connectivity index (χ1v) is 10.7. The summed E-state index contributed by atoms with van der Waals surface area (Å²) in [6.07, 6.45) is 1.56. The van der Waals surface area contributed by atoms with E-state index in [2.05, 4.69) is 4.99 Å². The summed E-state index contributed by atoms with van der Waals surface area (Å²) in [5, 5.41) is 11.2. The van der Waals surface area contributed by atoms with Crippen LogP contribution >= 0.6 is 0 Å². The van der Waals surface area contributed by atoms with Crippen LogP contribution in [-0.2, 0) is 9.53 Å². The minimum atomic E-state index is -0.552. The Morgan fingerprint density at radius 1 is 0.972 bits per heavy atom. The maximum absolute atomic E-state index is 13.6. The summed E-state index contributed by atoms with van der Waals surface area (Å²) < 4.78 is 15.5. The fourth-order valence-electron chi connectivity index (χ4n) is 3.72. The van der Waals surface area contributed by atoms with Gasteiger partial charge in [-0.05, 0) is 29.8 Å². The molecule has 0 atom stereocenters. The predicted molar refractivity (Wildman–Crippen MR) is 132 cm³/mol. The number of ether oxygens (including phenoxy) is 3. The second-order valence-electron chi connectivity index (χ2n) is 7.54. The van der Waals surface area contributed by atoms with Crippen molar-refractivity contribution >= 4 is 35.2 Å². The molecule has 0 spiro atoms. The van der Waals surface area contributed by atoms with E-state index in [1.54, 1.807) is 30.3 Å². The Balaban J connectivity index is 1.83. The molecule has 0 aromatic heterocycles. The molecule has 0 unspecified atom stereocenters. The fourth-order valence-corrected chi connectivity index (χ4v) is 3.72. The number of nitro groups is 1. The molecule has 0 saturated carbocycles. The summed E-state index contributed by atoms with van der Waals surface area (Å²) in [7, 11) is 4.07. The van der Waals surface area contributed by atoms with Crippen molar-refractivity contribution in [1.29, 1.82) is 0 Å². The number of non-ortho nitro benzene ring substituents is 1. The van der Waals surface area contributed by atoms with Crippen LogP contribution in [0.25, 0.3) is 6.08 Å². The van der Waals surface area contributed by atoms with Crippen LogP contribution in [0.3, 0.4) is 0 Å². The second-order valence-corrected chi connectivity index (χ2v) is 7.54. The molecule has 10 heteroatoms. The summed E-state index contributed by atoms with van der Waals surface area (Å²) in [5.74, 6) is -0.257. The number of amides is 1. The summed E-state index contributed by atoms with van der Waals surface area (Å²) in [6, 6.07) is 17.8. The third-order valence-electron chi connectivity index (χ3n) is 5.44. The number of nitro benzene ring substituents is 1. The number of benzene rings is 3. The maximum Gasteiger partial charge on any atom is 0.341 e. The highest BCUT2D eigenvalue weighted by Gasteiger charge is 2.35. The monoisotopic (exact) mass is 487 g/mol. The van der Waals surface area contributed by atoms with Crippen LogP contribution in [0.1, 0.15) is 21.5 Å². The van der Waals surface area contributed by atoms with Gasteiger partial charge in [-0.3, -0.25) is 19.8 Å². The molecule has 182 valence electrons. The molecule has 0 bridgehead atoms. The molecule has 1 aliphatic rings. The molecule has 4 rings (SSSR count). The van der Waals surface area contributed by atoms with Crippen LogP contribution in [0, 0.1) is 10.1 Å². The Hall–Kier alpha value is -4.99. The average molecular weight is 487 g/mol. The Labute approximate surface area is 206 Å². The smallest absolute Gasteiger partial charge is 0.341 e. The van der Waals surface area contributed by atoms with Crippen LogP contribution in [0.5, 0.6) is 11.5 Å². The lowest BCUT2D eigenvalue weighted by Crippen LogP contribution is -2.33. The zero-order chi connectivity index (χ0) is 25.8. The quantitative estimate of drug-likeness (QED) is 0.212. The van der Waals surface area contributed by atoms with Gasteiger partial charge in [-0.1, -0.05) is 36.4 Å². The highest BCUT2D eigenvalue weighted by Crippen LogP contribution is 2.37. The molecule has 0 N–H and O–H groups in total. The van der Waals surface area contributed by atoms with Gasteiger partial charge in [0.25, 0.3) is 11.6 Å². The lowest BCUT2D eigenvalue weighted by Gasteiger charge is -2.20. The Bertz CT molecular complexity index is 1410. The van der Waals surface area contributed by atoms with Crippen LogP contribution in [0.15, 0.2) is 77.4 Å². The van der Waals surface area contributed by atoms with Gasteiger partial charge >= 0.3 is 5.97 Å². The van der Waals surface area contributed by atoms with Crippen molar-refractivity contribution in [2.75, 3.05) is 26.2 Å². The van der Waals surface area contributed by atoms with Crippen molar-refractivity contribution in [3.8, 4) is 11.5 Å². The summed E-state index contributed by atoms with van der Waals surface area (Å²) in [5.41, 5.74) is 1.71. The summed E-state index contributed by atoms with van der Waals surface area (Å²) >= 11 is 0. The van der Waals surface area contributed by atoms with Crippen molar-refractivity contribution in [2.45, 2.75) is 0 Å². The Kier molecular flexibility index (Phi) is 6.77. The van der Waals surface area contributed by atoms with Crippen molar-refractivity contribution in [2.24, 2.45) is 4.99 Å². The van der Waals surface area contributed by atoms with E-state index < -0.39 is 16.8 Å². The SMILES string of the molecule is COC(=O)c1ccc(/C=C2\N=C(c3ccccc3)N(c3ccc([N+](=O)[O-])cc3OC)C2=O)cc1OC. The first-order valence-electron chi connectivity index (χ1n) is 10.7. The minimum Gasteiger partial charge on any atom is -0.496 e. The molecule has 1 amide bonds. The van der Waals surface area contributed by atoms with Gasteiger partial charge in [-0.15, -0.1) is 0 Å². The van der Waals surface area contributed by atoms with Gasteiger partial charge in [0.1, 0.15) is 28.6 Å². The first kappa shape index (κ1) is 24.1. The van der Waals surface area contributed by atoms with Gasteiger partial charge < -0.3 is 14.2 Å². The van der Waals surface area contributed by atoms with Gasteiger partial charge in [0.15, 0.2) is 0 Å². The standard InChI is InChI=1S/C26H21N3O7/c1-34-22-14-16(9-11-19(22)26(31)36-3)13-20-25(30)28(24(27-20)17-7-5-4-6-8-17)21-12-10-18(29(32)33)15-23(21)35-2/h4-15H,1-3H3/b20-13-. The van der Waals surface area contributed by atoms with Crippen LogP contribution in [-0.4, -0.2) is 44.0 Å². The van der Waals surface area contributed by atoms with E-state index in [-0.39, 0.29) is 28.4 Å². The molecule has 3 aromatic rings. The van der Waals surface area contributed by atoms with E-state index in [0.29, 0.717) is 22.6 Å². The van der Waals surface area contributed by atoms with E-state index in [1.165, 1.54) is 50.5 Å². The molecular formula is C26H21N3O7. The molecule has 0 radical (unpaired) electrons. The second kappa shape index (κ2) is 10.1. The van der Waals surface area contributed by atoms with Crippen molar-refractivity contribution in [3.05, 3.63) is 99.2 Å². The normalized spacial score (nSPS) is 14.0. The third kappa shape index (κ3) is 4.51. The first-order chi connectivity index (χ1) is 17.4. The average Bonchev–Trinajstić information content (AvgIpc) is 3.23. The molecule has 0 saturated heterocycles. The van der Waals surface area contributed by atoms with E-state index in [4.69, 9.17) is 14.2 Å². The number of aliphatic imine (C=N–C) groups is 1. The third-order valence-corrected chi connectivity index (χ3v) is 5.44. The number of methoxy groups -OCH3 is 3. The van der Waals surface area contributed by atoms with Crippen LogP contribution < -0.4 is 14.4 Å². The predicted octanol–water partition coefficient (Wildman–Crippen LogP) is 4.23. The number of hydrogen-bond acceptors (Lipinski definition) is 8.